The van der Waals surface area contributed by atoms with Crippen molar-refractivity contribution in [2.24, 2.45) is 0 Å². The van der Waals surface area contributed by atoms with Crippen LogP contribution in [0.3, 0.4) is 0 Å². The maximum Gasteiger partial charge on any atom is 0.279 e. The molecule has 194 valence electrons. The Morgan fingerprint density at radius 1 is 1.06 bits per heavy atom. The Morgan fingerprint density at radius 3 is 2.47 bits per heavy atom. The summed E-state index contributed by atoms with van der Waals surface area (Å²) in [6.45, 7) is 12.0. The van der Waals surface area contributed by atoms with E-state index in [9.17, 15) is 4.79 Å². The van der Waals surface area contributed by atoms with Crippen LogP contribution < -0.4 is 30.2 Å². The average Bonchev–Trinajstić information content (AvgIpc) is 3.30. The topological polar surface area (TPSA) is 107 Å². The van der Waals surface area contributed by atoms with Gasteiger partial charge in [-0.05, 0) is 11.5 Å². The molecule has 0 aliphatic heterocycles. The van der Waals surface area contributed by atoms with Crippen LogP contribution in [0.2, 0.25) is 0 Å². The summed E-state index contributed by atoms with van der Waals surface area (Å²) in [7, 11) is 3.01. The first-order valence-electron chi connectivity index (χ1n) is 11.8. The first-order chi connectivity index (χ1) is 17.1. The molecule has 0 unspecified atom stereocenters. The molecule has 9 nitrogen and oxygen atoms in total. The molecule has 0 atom stereocenters. The van der Waals surface area contributed by atoms with Crippen molar-refractivity contribution in [2.75, 3.05) is 37.9 Å². The molecule has 0 radical (unpaired) electrons. The highest BCUT2D eigenvalue weighted by atomic mass is 32.1. The fraction of sp³-hybridized carbons (Fsp3) is 0.423. The Bertz CT molecular complexity index is 1150. The van der Waals surface area contributed by atoms with E-state index in [4.69, 9.17) is 14.2 Å². The highest BCUT2D eigenvalue weighted by molar-refractivity contribution is 7.11. The number of para-hydroxylation sites is 1. The van der Waals surface area contributed by atoms with Crippen molar-refractivity contribution in [1.29, 1.82) is 0 Å². The molecule has 1 amide bonds. The molecule has 0 saturated carbocycles. The summed E-state index contributed by atoms with van der Waals surface area (Å²) >= 11 is 1.25. The summed E-state index contributed by atoms with van der Waals surface area (Å²) < 4.78 is 17.0. The molecule has 1 aromatic carbocycles. The summed E-state index contributed by atoms with van der Waals surface area (Å²) in [5.41, 5.74) is 1.50. The number of hydrogen-bond donors (Lipinski definition) is 3. The maximum atomic E-state index is 13.0. The number of anilines is 2. The average molecular weight is 514 g/mol. The van der Waals surface area contributed by atoms with Gasteiger partial charge in [0, 0.05) is 36.1 Å². The SMILES string of the molecule is COc1cc(NCCNC(C)C)nc(OC)c1NC(=O)c1csc(Oc2ccccc2C(C)(C)C)n1. The number of pyridine rings is 1. The number of ether oxygens (including phenoxy) is 3. The van der Waals surface area contributed by atoms with Crippen LogP contribution in [0.4, 0.5) is 11.5 Å². The third kappa shape index (κ3) is 7.08. The Morgan fingerprint density at radius 2 is 1.81 bits per heavy atom. The molecule has 3 rings (SSSR count). The molecule has 3 N–H and O–H groups in total. The minimum atomic E-state index is -0.426. The highest BCUT2D eigenvalue weighted by Gasteiger charge is 2.22. The van der Waals surface area contributed by atoms with E-state index in [2.05, 4.69) is 60.5 Å². The van der Waals surface area contributed by atoms with Crippen LogP contribution in [0.25, 0.3) is 0 Å². The number of aromatic nitrogens is 2. The second kappa shape index (κ2) is 12.0. The number of hydrogen-bond acceptors (Lipinski definition) is 9. The van der Waals surface area contributed by atoms with Gasteiger partial charge in [0.25, 0.3) is 11.1 Å². The zero-order valence-corrected chi connectivity index (χ0v) is 22.7. The molecule has 0 spiro atoms. The third-order valence-electron chi connectivity index (χ3n) is 5.19. The lowest BCUT2D eigenvalue weighted by atomic mass is 9.86. The molecule has 0 bridgehead atoms. The van der Waals surface area contributed by atoms with Crippen molar-refractivity contribution in [2.45, 2.75) is 46.1 Å². The molecule has 0 aliphatic rings. The van der Waals surface area contributed by atoms with Crippen molar-refractivity contribution in [3.63, 3.8) is 0 Å². The van der Waals surface area contributed by atoms with Crippen LogP contribution in [0, 0.1) is 0 Å². The van der Waals surface area contributed by atoms with Crippen LogP contribution in [-0.4, -0.2) is 49.2 Å². The quantitative estimate of drug-likeness (QED) is 0.296. The minimum absolute atomic E-state index is 0.0971. The standard InChI is InChI=1S/C26H35N5O4S/c1-16(2)27-12-13-28-21-14-20(33-6)22(24(30-21)34-7)31-23(32)18-15-36-25(29-18)35-19-11-9-8-10-17(19)26(3,4)5/h8-11,14-16,27H,12-13H2,1-7H3,(H,28,30)(H,31,32). The Kier molecular flexibility index (Phi) is 9.11. The van der Waals surface area contributed by atoms with Crippen LogP contribution >= 0.6 is 11.3 Å². The van der Waals surface area contributed by atoms with E-state index >= 15 is 0 Å². The number of rotatable bonds is 11. The number of methoxy groups -OCH3 is 2. The van der Waals surface area contributed by atoms with Gasteiger partial charge in [-0.1, -0.05) is 64.2 Å². The zero-order valence-electron chi connectivity index (χ0n) is 21.9. The number of thiazole rings is 1. The molecule has 0 aliphatic carbocycles. The number of benzene rings is 1. The van der Waals surface area contributed by atoms with Crippen LogP contribution in [0.1, 0.15) is 50.7 Å². The van der Waals surface area contributed by atoms with E-state index in [1.54, 1.807) is 11.4 Å². The van der Waals surface area contributed by atoms with E-state index < -0.39 is 5.91 Å². The molecule has 0 fully saturated rings. The Labute approximate surface area is 216 Å². The lowest BCUT2D eigenvalue weighted by Gasteiger charge is -2.21. The van der Waals surface area contributed by atoms with Gasteiger partial charge < -0.3 is 30.2 Å². The lowest BCUT2D eigenvalue weighted by Crippen LogP contribution is -2.28. The summed E-state index contributed by atoms with van der Waals surface area (Å²) in [6.07, 6.45) is 0. The molecule has 36 heavy (non-hydrogen) atoms. The first-order valence-corrected chi connectivity index (χ1v) is 12.6. The number of nitrogens with one attached hydrogen (secondary N) is 3. The second-order valence-electron chi connectivity index (χ2n) is 9.43. The molecule has 2 heterocycles. The van der Waals surface area contributed by atoms with Gasteiger partial charge in [0.1, 0.15) is 22.9 Å². The van der Waals surface area contributed by atoms with Gasteiger partial charge >= 0.3 is 0 Å². The van der Waals surface area contributed by atoms with Crippen molar-refractivity contribution >= 4 is 28.7 Å². The minimum Gasteiger partial charge on any atom is -0.494 e. The smallest absolute Gasteiger partial charge is 0.279 e. The monoisotopic (exact) mass is 513 g/mol. The third-order valence-corrected chi connectivity index (χ3v) is 5.91. The molecule has 2 aromatic heterocycles. The van der Waals surface area contributed by atoms with E-state index in [1.165, 1.54) is 25.6 Å². The normalized spacial score (nSPS) is 11.3. The predicted octanol–water partition coefficient (Wildman–Crippen LogP) is 5.31. The molecule has 3 aromatic rings. The van der Waals surface area contributed by atoms with Gasteiger partial charge in [0.2, 0.25) is 5.88 Å². The van der Waals surface area contributed by atoms with Gasteiger partial charge in [-0.3, -0.25) is 4.79 Å². The van der Waals surface area contributed by atoms with Crippen molar-refractivity contribution in [3.05, 3.63) is 47.0 Å². The number of carbonyl (C=O) groups is 1. The number of carbonyl (C=O) groups excluding carboxylic acids is 1. The molecule has 10 heteroatoms. The van der Waals surface area contributed by atoms with Crippen molar-refractivity contribution in [3.8, 4) is 22.6 Å². The van der Waals surface area contributed by atoms with Crippen molar-refractivity contribution in [1.82, 2.24) is 15.3 Å². The Hall–Kier alpha value is -3.37. The molecular weight excluding hydrogens is 478 g/mol. The van der Waals surface area contributed by atoms with Gasteiger partial charge in [-0.15, -0.1) is 0 Å². The molecule has 0 saturated heterocycles. The van der Waals surface area contributed by atoms with E-state index in [0.717, 1.165) is 12.1 Å². The lowest BCUT2D eigenvalue weighted by molar-refractivity contribution is 0.102. The van der Waals surface area contributed by atoms with Crippen LogP contribution in [0.15, 0.2) is 35.7 Å². The van der Waals surface area contributed by atoms with Crippen molar-refractivity contribution < 1.29 is 19.0 Å². The summed E-state index contributed by atoms with van der Waals surface area (Å²) in [5.74, 6) is 1.51. The zero-order chi connectivity index (χ0) is 26.3. The number of nitrogens with zero attached hydrogens (tertiary/aromatic N) is 2. The fourth-order valence-corrected chi connectivity index (χ4v) is 4.08. The van der Waals surface area contributed by atoms with Gasteiger partial charge in [0.15, 0.2) is 5.75 Å². The summed E-state index contributed by atoms with van der Waals surface area (Å²) in [6, 6.07) is 9.93. The van der Waals surface area contributed by atoms with E-state index in [-0.39, 0.29) is 17.0 Å². The first kappa shape index (κ1) is 27.2. The van der Waals surface area contributed by atoms with E-state index in [0.29, 0.717) is 40.8 Å². The van der Waals surface area contributed by atoms with Gasteiger partial charge in [0.05, 0.1) is 14.2 Å². The predicted molar refractivity (Wildman–Crippen MR) is 144 cm³/mol. The van der Waals surface area contributed by atoms with Crippen LogP contribution in [0.5, 0.6) is 22.6 Å². The van der Waals surface area contributed by atoms with Crippen LogP contribution in [-0.2, 0) is 5.41 Å². The fourth-order valence-electron chi connectivity index (χ4n) is 3.42. The maximum absolute atomic E-state index is 13.0. The van der Waals surface area contributed by atoms with E-state index in [1.807, 2.05) is 24.3 Å². The van der Waals surface area contributed by atoms with Gasteiger partial charge in [-0.2, -0.15) is 9.97 Å². The molecular formula is C26H35N5O4S. The summed E-state index contributed by atoms with van der Waals surface area (Å²) in [4.78, 5) is 21.9. The second-order valence-corrected chi connectivity index (χ2v) is 10.3. The highest BCUT2D eigenvalue weighted by Crippen LogP contribution is 2.37. The largest absolute Gasteiger partial charge is 0.494 e. The number of amides is 1. The Balaban J connectivity index is 1.74. The van der Waals surface area contributed by atoms with Gasteiger partial charge in [-0.25, -0.2) is 0 Å². The summed E-state index contributed by atoms with van der Waals surface area (Å²) in [5, 5.41) is 11.4.